The summed E-state index contributed by atoms with van der Waals surface area (Å²) in [5, 5.41) is 3.80. The average molecular weight is 428 g/mol. The molecule has 0 unspecified atom stereocenters. The molecule has 27 heavy (non-hydrogen) atoms. The van der Waals surface area contributed by atoms with Gasteiger partial charge in [0.2, 0.25) is 0 Å². The molecule has 0 spiro atoms. The van der Waals surface area contributed by atoms with Gasteiger partial charge in [0.1, 0.15) is 15.4 Å². The van der Waals surface area contributed by atoms with Gasteiger partial charge >= 0.3 is 0 Å². The number of para-hydroxylation sites is 1. The first-order valence-corrected chi connectivity index (χ1v) is 9.70. The van der Waals surface area contributed by atoms with Crippen molar-refractivity contribution < 1.29 is 13.6 Å². The largest absolute Gasteiger partial charge is 0.397 e. The van der Waals surface area contributed by atoms with Crippen LogP contribution < -0.4 is 11.1 Å². The Morgan fingerprint density at radius 3 is 2.56 bits per heavy atom. The van der Waals surface area contributed by atoms with Crippen LogP contribution in [0.5, 0.6) is 0 Å². The average Bonchev–Trinajstić information content (AvgIpc) is 3.41. The van der Waals surface area contributed by atoms with Crippen molar-refractivity contribution in [2.24, 2.45) is 0 Å². The minimum absolute atomic E-state index is 0.179. The highest BCUT2D eigenvalue weighted by molar-refractivity contribution is 7.21. The van der Waals surface area contributed by atoms with Crippen LogP contribution in [0.3, 0.4) is 0 Å². The third-order valence-corrected chi connectivity index (χ3v) is 6.13. The molecule has 1 saturated carbocycles. The number of nitrogen functional groups attached to an aromatic ring is 1. The summed E-state index contributed by atoms with van der Waals surface area (Å²) < 4.78 is 26.4. The van der Waals surface area contributed by atoms with Gasteiger partial charge in [-0.25, -0.2) is 13.8 Å². The van der Waals surface area contributed by atoms with E-state index in [1.165, 1.54) is 6.07 Å². The number of hydrogen-bond donors (Lipinski definition) is 2. The summed E-state index contributed by atoms with van der Waals surface area (Å²) in [4.78, 5) is 17.3. The van der Waals surface area contributed by atoms with Crippen LogP contribution in [0.15, 0.2) is 24.3 Å². The molecule has 0 radical (unpaired) electrons. The highest BCUT2D eigenvalue weighted by Crippen LogP contribution is 2.47. The van der Waals surface area contributed by atoms with Gasteiger partial charge in [-0.3, -0.25) is 4.79 Å². The summed E-state index contributed by atoms with van der Waals surface area (Å²) in [6.45, 7) is 0. The zero-order chi connectivity index (χ0) is 19.3. The number of anilines is 2. The Kier molecular flexibility index (Phi) is 4.70. The van der Waals surface area contributed by atoms with Gasteiger partial charge in [0.25, 0.3) is 12.3 Å². The molecule has 9 heteroatoms. The van der Waals surface area contributed by atoms with E-state index < -0.39 is 12.3 Å². The molecular formula is C18H13Cl2F2N3OS. The minimum Gasteiger partial charge on any atom is -0.397 e. The quantitative estimate of drug-likeness (QED) is 0.516. The zero-order valence-corrected chi connectivity index (χ0v) is 16.1. The number of aromatic nitrogens is 1. The van der Waals surface area contributed by atoms with Gasteiger partial charge in [0.05, 0.1) is 21.4 Å². The van der Waals surface area contributed by atoms with Gasteiger partial charge in [-0.1, -0.05) is 29.3 Å². The van der Waals surface area contributed by atoms with Crippen LogP contribution in [0.4, 0.5) is 20.2 Å². The Hall–Kier alpha value is -1.96. The summed E-state index contributed by atoms with van der Waals surface area (Å²) in [7, 11) is 0. The van der Waals surface area contributed by atoms with E-state index in [2.05, 4.69) is 10.3 Å². The maximum atomic E-state index is 13.2. The predicted octanol–water partition coefficient (Wildman–Crippen LogP) is 6.25. The molecule has 140 valence electrons. The number of fused-ring (bicyclic) bond motifs is 1. The molecule has 2 aromatic heterocycles. The molecule has 0 saturated heterocycles. The van der Waals surface area contributed by atoms with Crippen LogP contribution in [0.25, 0.3) is 10.2 Å². The van der Waals surface area contributed by atoms with Gasteiger partial charge in [-0.05, 0) is 42.5 Å². The lowest BCUT2D eigenvalue weighted by atomic mass is 10.1. The van der Waals surface area contributed by atoms with Crippen LogP contribution in [0, 0.1) is 0 Å². The van der Waals surface area contributed by atoms with Crippen LogP contribution in [-0.2, 0) is 0 Å². The molecule has 3 N–H and O–H groups in total. The number of rotatable bonds is 4. The SMILES string of the molecule is Nc1c(C(=O)Nc2c(Cl)cccc2Cl)sc2nc(C(F)F)cc(C3CC3)c12. The lowest BCUT2D eigenvalue weighted by Crippen LogP contribution is -2.12. The third-order valence-electron chi connectivity index (χ3n) is 4.40. The van der Waals surface area contributed by atoms with Crippen molar-refractivity contribution in [1.82, 2.24) is 4.98 Å². The Balaban J connectivity index is 1.79. The Morgan fingerprint density at radius 1 is 1.30 bits per heavy atom. The van der Waals surface area contributed by atoms with Gasteiger partial charge < -0.3 is 11.1 Å². The topological polar surface area (TPSA) is 68.0 Å². The molecule has 1 fully saturated rings. The van der Waals surface area contributed by atoms with E-state index in [9.17, 15) is 13.6 Å². The van der Waals surface area contributed by atoms with E-state index in [1.807, 2.05) is 0 Å². The second kappa shape index (κ2) is 6.89. The maximum Gasteiger partial charge on any atom is 0.280 e. The minimum atomic E-state index is -2.69. The molecular weight excluding hydrogens is 415 g/mol. The Bertz CT molecular complexity index is 1050. The molecule has 0 bridgehead atoms. The predicted molar refractivity (Wildman–Crippen MR) is 105 cm³/mol. The van der Waals surface area contributed by atoms with Crippen molar-refractivity contribution in [3.05, 3.63) is 50.4 Å². The lowest BCUT2D eigenvalue weighted by molar-refractivity contribution is 0.103. The monoisotopic (exact) mass is 427 g/mol. The molecule has 1 aromatic carbocycles. The van der Waals surface area contributed by atoms with E-state index in [-0.39, 0.29) is 37.9 Å². The molecule has 1 aliphatic carbocycles. The molecule has 1 amide bonds. The highest BCUT2D eigenvalue weighted by atomic mass is 35.5. The Morgan fingerprint density at radius 2 is 1.96 bits per heavy atom. The number of hydrogen-bond acceptors (Lipinski definition) is 4. The molecule has 0 atom stereocenters. The Labute approximate surface area is 167 Å². The van der Waals surface area contributed by atoms with E-state index in [0.717, 1.165) is 29.7 Å². The number of pyridine rings is 1. The molecule has 0 aliphatic heterocycles. The normalized spacial score (nSPS) is 14.1. The maximum absolute atomic E-state index is 13.2. The number of alkyl halides is 2. The van der Waals surface area contributed by atoms with Gasteiger partial charge in [0.15, 0.2) is 0 Å². The first kappa shape index (κ1) is 18.4. The van der Waals surface area contributed by atoms with Crippen molar-refractivity contribution in [2.75, 3.05) is 11.1 Å². The summed E-state index contributed by atoms with van der Waals surface area (Å²) in [6.07, 6.45) is -0.865. The number of benzene rings is 1. The number of thiophene rings is 1. The molecule has 2 heterocycles. The number of nitrogens with zero attached hydrogens (tertiary/aromatic N) is 1. The smallest absolute Gasteiger partial charge is 0.280 e. The first-order valence-electron chi connectivity index (χ1n) is 8.13. The number of nitrogens with one attached hydrogen (secondary N) is 1. The fraction of sp³-hybridized carbons (Fsp3) is 0.222. The number of carbonyl (C=O) groups is 1. The standard InChI is InChI=1S/C18H13Cl2F2N3OS/c19-9-2-1-3-10(20)14(9)25-17(26)15-13(23)12-8(7-4-5-7)6-11(16(21)22)24-18(12)27-15/h1-3,6-7,16H,4-5,23H2,(H,25,26). The summed E-state index contributed by atoms with van der Waals surface area (Å²) >= 11 is 13.2. The molecule has 4 nitrogen and oxygen atoms in total. The van der Waals surface area contributed by atoms with Gasteiger partial charge in [-0.2, -0.15) is 0 Å². The number of halogens is 4. The second-order valence-electron chi connectivity index (χ2n) is 6.29. The van der Waals surface area contributed by atoms with Crippen LogP contribution in [0.2, 0.25) is 10.0 Å². The second-order valence-corrected chi connectivity index (χ2v) is 8.10. The van der Waals surface area contributed by atoms with Crippen LogP contribution in [-0.4, -0.2) is 10.9 Å². The molecule has 3 aromatic rings. The van der Waals surface area contributed by atoms with Crippen molar-refractivity contribution in [3.8, 4) is 0 Å². The lowest BCUT2D eigenvalue weighted by Gasteiger charge is -2.09. The van der Waals surface area contributed by atoms with Gasteiger partial charge in [0, 0.05) is 5.39 Å². The third kappa shape index (κ3) is 3.35. The van der Waals surface area contributed by atoms with Crippen molar-refractivity contribution in [1.29, 1.82) is 0 Å². The zero-order valence-electron chi connectivity index (χ0n) is 13.7. The van der Waals surface area contributed by atoms with Crippen LogP contribution in [0.1, 0.15) is 46.1 Å². The fourth-order valence-corrected chi connectivity index (χ4v) is 4.48. The van der Waals surface area contributed by atoms with E-state index >= 15 is 0 Å². The first-order chi connectivity index (χ1) is 12.9. The van der Waals surface area contributed by atoms with Crippen molar-refractivity contribution >= 4 is 62.0 Å². The summed E-state index contributed by atoms with van der Waals surface area (Å²) in [5.74, 6) is -0.329. The van der Waals surface area contributed by atoms with E-state index in [0.29, 0.717) is 10.2 Å². The van der Waals surface area contributed by atoms with Crippen LogP contribution >= 0.6 is 34.5 Å². The highest BCUT2D eigenvalue weighted by Gasteiger charge is 2.31. The number of nitrogens with two attached hydrogens (primary N) is 1. The number of carbonyl (C=O) groups excluding carboxylic acids is 1. The molecule has 1 aliphatic rings. The number of amides is 1. The van der Waals surface area contributed by atoms with Gasteiger partial charge in [-0.15, -0.1) is 11.3 Å². The van der Waals surface area contributed by atoms with E-state index in [4.69, 9.17) is 28.9 Å². The molecule has 4 rings (SSSR count). The summed E-state index contributed by atoms with van der Waals surface area (Å²) in [6, 6.07) is 6.25. The summed E-state index contributed by atoms with van der Waals surface area (Å²) in [5.41, 5.74) is 7.17. The van der Waals surface area contributed by atoms with Crippen molar-refractivity contribution in [3.63, 3.8) is 0 Å². The fourth-order valence-electron chi connectivity index (χ4n) is 2.95. The van der Waals surface area contributed by atoms with E-state index in [1.54, 1.807) is 18.2 Å². The van der Waals surface area contributed by atoms with Crippen molar-refractivity contribution in [2.45, 2.75) is 25.2 Å².